The van der Waals surface area contributed by atoms with Gasteiger partial charge in [-0.1, -0.05) is 11.6 Å². The van der Waals surface area contributed by atoms with Crippen LogP contribution in [-0.2, 0) is 7.05 Å². The van der Waals surface area contributed by atoms with Crippen LogP contribution < -0.4 is 11.1 Å². The average Bonchev–Trinajstić information content (AvgIpc) is 2.71. The zero-order chi connectivity index (χ0) is 14.0. The van der Waals surface area contributed by atoms with Crippen molar-refractivity contribution in [2.45, 2.75) is 0 Å². The highest BCUT2D eigenvalue weighted by molar-refractivity contribution is 6.34. The van der Waals surface area contributed by atoms with Gasteiger partial charge in [0, 0.05) is 7.05 Å². The van der Waals surface area contributed by atoms with Gasteiger partial charge in [0.05, 0.1) is 34.2 Å². The molecule has 2 rings (SSSR count). The first-order chi connectivity index (χ1) is 9.02. The van der Waals surface area contributed by atoms with Crippen molar-refractivity contribution in [1.29, 1.82) is 5.26 Å². The van der Waals surface area contributed by atoms with Crippen LogP contribution >= 0.6 is 11.6 Å². The van der Waals surface area contributed by atoms with Crippen LogP contribution in [0, 0.1) is 11.3 Å². The number of nitrogens with two attached hydrogens (primary N) is 1. The number of nitriles is 1. The molecule has 0 unspecified atom stereocenters. The highest BCUT2D eigenvalue weighted by atomic mass is 35.5. The summed E-state index contributed by atoms with van der Waals surface area (Å²) in [5.41, 5.74) is 7.02. The van der Waals surface area contributed by atoms with Gasteiger partial charge in [0.25, 0.3) is 5.91 Å². The minimum Gasteiger partial charge on any atom is -0.396 e. The first kappa shape index (κ1) is 12.9. The molecule has 0 aliphatic rings. The van der Waals surface area contributed by atoms with Gasteiger partial charge in [0.1, 0.15) is 5.69 Å². The number of amides is 1. The molecule has 0 aliphatic carbocycles. The van der Waals surface area contributed by atoms with Crippen molar-refractivity contribution in [3.8, 4) is 6.07 Å². The summed E-state index contributed by atoms with van der Waals surface area (Å²) in [6, 6.07) is 6.56. The summed E-state index contributed by atoms with van der Waals surface area (Å²) in [7, 11) is 1.62. The van der Waals surface area contributed by atoms with Crippen LogP contribution in [0.3, 0.4) is 0 Å². The Morgan fingerprint density at radius 1 is 1.58 bits per heavy atom. The molecular formula is C12H10ClN5O. The summed E-state index contributed by atoms with van der Waals surface area (Å²) in [5, 5.41) is 15.5. The second kappa shape index (κ2) is 5.00. The summed E-state index contributed by atoms with van der Waals surface area (Å²) in [5.74, 6) is -0.413. The van der Waals surface area contributed by atoms with Crippen LogP contribution in [0.1, 0.15) is 16.1 Å². The standard InChI is InChI=1S/C12H10ClN5O/c1-18-11(9(15)6-16-18)12(19)17-10-3-2-7(5-14)4-8(10)13/h2-4,6H,15H2,1H3,(H,17,19). The molecule has 1 aromatic heterocycles. The van der Waals surface area contributed by atoms with Crippen LogP contribution in [0.2, 0.25) is 5.02 Å². The van der Waals surface area contributed by atoms with Crippen LogP contribution in [0.4, 0.5) is 11.4 Å². The number of nitrogen functional groups attached to an aromatic ring is 1. The minimum atomic E-state index is -0.413. The van der Waals surface area contributed by atoms with E-state index in [0.29, 0.717) is 11.3 Å². The lowest BCUT2D eigenvalue weighted by Gasteiger charge is -2.08. The molecule has 2 aromatic rings. The van der Waals surface area contributed by atoms with Gasteiger partial charge in [0.15, 0.2) is 0 Å². The largest absolute Gasteiger partial charge is 0.396 e. The van der Waals surface area contributed by atoms with Gasteiger partial charge in [-0.25, -0.2) is 0 Å². The van der Waals surface area contributed by atoms with E-state index in [2.05, 4.69) is 10.4 Å². The van der Waals surface area contributed by atoms with Gasteiger partial charge >= 0.3 is 0 Å². The van der Waals surface area contributed by atoms with Gasteiger partial charge in [-0.05, 0) is 18.2 Å². The second-order valence-electron chi connectivity index (χ2n) is 3.83. The van der Waals surface area contributed by atoms with E-state index in [1.165, 1.54) is 16.9 Å². The maximum absolute atomic E-state index is 12.0. The number of carbonyl (C=O) groups is 1. The van der Waals surface area contributed by atoms with Crippen molar-refractivity contribution < 1.29 is 4.79 Å². The maximum Gasteiger partial charge on any atom is 0.276 e. The zero-order valence-electron chi connectivity index (χ0n) is 10.0. The van der Waals surface area contributed by atoms with E-state index in [9.17, 15) is 4.79 Å². The van der Waals surface area contributed by atoms with E-state index in [-0.39, 0.29) is 16.4 Å². The molecule has 1 aromatic carbocycles. The molecule has 0 spiro atoms. The number of aryl methyl sites for hydroxylation is 1. The fraction of sp³-hybridized carbons (Fsp3) is 0.0833. The van der Waals surface area contributed by atoms with E-state index in [1.54, 1.807) is 19.2 Å². The second-order valence-corrected chi connectivity index (χ2v) is 4.24. The van der Waals surface area contributed by atoms with E-state index in [0.717, 1.165) is 0 Å². The number of rotatable bonds is 2. The highest BCUT2D eigenvalue weighted by Gasteiger charge is 2.16. The summed E-state index contributed by atoms with van der Waals surface area (Å²) >= 11 is 5.97. The number of carbonyl (C=O) groups excluding carboxylic acids is 1. The van der Waals surface area contributed by atoms with Crippen LogP contribution in [0.5, 0.6) is 0 Å². The molecule has 0 radical (unpaired) electrons. The normalized spacial score (nSPS) is 9.95. The minimum absolute atomic E-state index is 0.250. The summed E-state index contributed by atoms with van der Waals surface area (Å²) in [4.78, 5) is 12.0. The molecule has 1 heterocycles. The summed E-state index contributed by atoms with van der Waals surface area (Å²) in [6.45, 7) is 0. The number of benzene rings is 1. The Balaban J connectivity index is 2.28. The molecule has 6 nitrogen and oxygen atoms in total. The van der Waals surface area contributed by atoms with Crippen LogP contribution in [0.15, 0.2) is 24.4 Å². The van der Waals surface area contributed by atoms with E-state index in [4.69, 9.17) is 22.6 Å². The topological polar surface area (TPSA) is 96.7 Å². The smallest absolute Gasteiger partial charge is 0.276 e. The van der Waals surface area contributed by atoms with Crippen molar-refractivity contribution in [1.82, 2.24) is 9.78 Å². The monoisotopic (exact) mass is 275 g/mol. The SMILES string of the molecule is Cn1ncc(N)c1C(=O)Nc1ccc(C#N)cc1Cl. The first-order valence-electron chi connectivity index (χ1n) is 5.31. The number of hydrogen-bond acceptors (Lipinski definition) is 4. The Kier molecular flexibility index (Phi) is 3.40. The number of nitrogens with zero attached hydrogens (tertiary/aromatic N) is 3. The Morgan fingerprint density at radius 2 is 2.32 bits per heavy atom. The molecule has 0 saturated carbocycles. The van der Waals surface area contributed by atoms with Crippen molar-refractivity contribution >= 4 is 28.9 Å². The zero-order valence-corrected chi connectivity index (χ0v) is 10.8. The van der Waals surface area contributed by atoms with Crippen LogP contribution in [-0.4, -0.2) is 15.7 Å². The molecule has 0 aliphatic heterocycles. The quantitative estimate of drug-likeness (QED) is 0.873. The maximum atomic E-state index is 12.0. The van der Waals surface area contributed by atoms with Crippen LogP contribution in [0.25, 0.3) is 0 Å². The number of hydrogen-bond donors (Lipinski definition) is 2. The molecule has 0 saturated heterocycles. The molecule has 0 fully saturated rings. The van der Waals surface area contributed by atoms with E-state index < -0.39 is 5.91 Å². The van der Waals surface area contributed by atoms with Crippen molar-refractivity contribution in [2.75, 3.05) is 11.1 Å². The van der Waals surface area contributed by atoms with E-state index in [1.807, 2.05) is 6.07 Å². The number of nitrogens with one attached hydrogen (secondary N) is 1. The highest BCUT2D eigenvalue weighted by Crippen LogP contribution is 2.24. The lowest BCUT2D eigenvalue weighted by Crippen LogP contribution is -2.17. The fourth-order valence-electron chi connectivity index (χ4n) is 1.60. The molecule has 96 valence electrons. The number of aromatic nitrogens is 2. The Hall–Kier alpha value is -2.52. The van der Waals surface area contributed by atoms with Gasteiger partial charge in [-0.2, -0.15) is 10.4 Å². The average molecular weight is 276 g/mol. The van der Waals surface area contributed by atoms with Crippen molar-refractivity contribution in [3.63, 3.8) is 0 Å². The van der Waals surface area contributed by atoms with Crippen molar-refractivity contribution in [2.24, 2.45) is 7.05 Å². The van der Waals surface area contributed by atoms with Crippen molar-refractivity contribution in [3.05, 3.63) is 40.7 Å². The molecular weight excluding hydrogens is 266 g/mol. The van der Waals surface area contributed by atoms with Gasteiger partial charge in [-0.3, -0.25) is 9.48 Å². The Morgan fingerprint density at radius 3 is 2.84 bits per heavy atom. The number of anilines is 2. The lowest BCUT2D eigenvalue weighted by molar-refractivity contribution is 0.101. The summed E-state index contributed by atoms with van der Waals surface area (Å²) < 4.78 is 1.38. The van der Waals surface area contributed by atoms with Gasteiger partial charge in [-0.15, -0.1) is 0 Å². The molecule has 0 bridgehead atoms. The number of halogens is 1. The predicted octanol–water partition coefficient (Wildman–Crippen LogP) is 1.78. The predicted molar refractivity (Wildman–Crippen MR) is 71.7 cm³/mol. The Labute approximate surface area is 114 Å². The lowest BCUT2D eigenvalue weighted by atomic mass is 10.2. The molecule has 3 N–H and O–H groups in total. The molecule has 1 amide bonds. The molecule has 7 heteroatoms. The van der Waals surface area contributed by atoms with E-state index >= 15 is 0 Å². The third kappa shape index (κ3) is 2.51. The fourth-order valence-corrected chi connectivity index (χ4v) is 1.83. The molecule has 0 atom stereocenters. The van der Waals surface area contributed by atoms with Gasteiger partial charge in [0.2, 0.25) is 0 Å². The third-order valence-corrected chi connectivity index (χ3v) is 2.84. The Bertz CT molecular complexity index is 666. The third-order valence-electron chi connectivity index (χ3n) is 2.53. The first-order valence-corrected chi connectivity index (χ1v) is 5.69. The molecule has 19 heavy (non-hydrogen) atoms. The summed E-state index contributed by atoms with van der Waals surface area (Å²) in [6.07, 6.45) is 1.40. The van der Waals surface area contributed by atoms with Gasteiger partial charge < -0.3 is 11.1 Å².